The molecule has 1 aliphatic heterocycles. The first-order valence-electron chi connectivity index (χ1n) is 10.7. The molecule has 0 saturated carbocycles. The third-order valence-electron chi connectivity index (χ3n) is 6.00. The summed E-state index contributed by atoms with van der Waals surface area (Å²) in [5, 5.41) is 3.82. The van der Waals surface area contributed by atoms with Crippen molar-refractivity contribution in [1.82, 2.24) is 4.58 Å². The smallest absolute Gasteiger partial charge is 0.338 e. The fraction of sp³-hybridized carbons (Fsp3) is 0.143. The lowest BCUT2D eigenvalue weighted by molar-refractivity contribution is -0.0000219. The van der Waals surface area contributed by atoms with Crippen LogP contribution in [0.4, 0.5) is 0 Å². The molecule has 0 radical (unpaired) electrons. The third-order valence-corrected chi connectivity index (χ3v) is 6.00. The maximum absolute atomic E-state index is 12.7. The standard InChI is InChI=1S/C28H24NO4.ClH/c1-29(2)18-13-14-22-23(16-18)33-27-19-10-6-5-9-17(19)15-24(31-3)26(27)25(22)20-11-7-8-12-21(20)28(30)32-4;/h5-16H,1-4H3;1H/q+1;/p-1. The van der Waals surface area contributed by atoms with Gasteiger partial charge in [-0.1, -0.05) is 42.5 Å². The summed E-state index contributed by atoms with van der Waals surface area (Å²) in [6.45, 7) is 0. The molecule has 3 aromatic rings. The first-order chi connectivity index (χ1) is 16.0. The van der Waals surface area contributed by atoms with Crippen molar-refractivity contribution in [2.45, 2.75) is 0 Å². The van der Waals surface area contributed by atoms with Gasteiger partial charge in [-0.2, -0.15) is 0 Å². The van der Waals surface area contributed by atoms with Gasteiger partial charge in [0.05, 0.1) is 31.2 Å². The lowest BCUT2D eigenvalue weighted by Crippen LogP contribution is -3.00. The van der Waals surface area contributed by atoms with Gasteiger partial charge in [-0.15, -0.1) is 0 Å². The van der Waals surface area contributed by atoms with Crippen LogP contribution < -0.4 is 27.1 Å². The average Bonchev–Trinajstić information content (AvgIpc) is 2.86. The molecule has 5 rings (SSSR count). The Hall–Kier alpha value is -3.83. The number of nitrogens with zero attached hydrogens (tertiary/aromatic N) is 1. The molecule has 0 fully saturated rings. The molecule has 6 heteroatoms. The molecule has 172 valence electrons. The summed E-state index contributed by atoms with van der Waals surface area (Å²) in [5.41, 5.74) is 3.73. The second kappa shape index (κ2) is 9.20. The number of benzene rings is 4. The number of esters is 1. The van der Waals surface area contributed by atoms with Crippen LogP contribution in [0.1, 0.15) is 10.4 Å². The molecule has 0 aromatic heterocycles. The maximum Gasteiger partial charge on any atom is 0.338 e. The summed E-state index contributed by atoms with van der Waals surface area (Å²) in [7, 11) is 7.04. The number of fused-ring (bicyclic) bond motifs is 4. The summed E-state index contributed by atoms with van der Waals surface area (Å²) in [5.74, 6) is 1.01. The Kier molecular flexibility index (Phi) is 6.31. The zero-order chi connectivity index (χ0) is 23.1. The Morgan fingerprint density at radius 3 is 2.35 bits per heavy atom. The minimum atomic E-state index is -0.391. The maximum atomic E-state index is 12.7. The lowest BCUT2D eigenvalue weighted by atomic mass is 9.89. The summed E-state index contributed by atoms with van der Waals surface area (Å²) in [4.78, 5) is 12.7. The van der Waals surface area contributed by atoms with Gasteiger partial charge in [0.25, 0.3) is 0 Å². The van der Waals surface area contributed by atoms with E-state index in [1.54, 1.807) is 13.2 Å². The molecule has 3 aromatic carbocycles. The Morgan fingerprint density at radius 2 is 1.62 bits per heavy atom. The average molecular weight is 474 g/mol. The van der Waals surface area contributed by atoms with Crippen molar-refractivity contribution in [2.24, 2.45) is 0 Å². The van der Waals surface area contributed by atoms with Crippen molar-refractivity contribution in [3.63, 3.8) is 0 Å². The van der Waals surface area contributed by atoms with E-state index >= 15 is 0 Å². The molecular formula is C28H24ClNO4. The Balaban J connectivity index is 0.00000274. The number of hydrogen-bond acceptors (Lipinski definition) is 4. The predicted octanol–water partition coefficient (Wildman–Crippen LogP) is 2.19. The zero-order valence-corrected chi connectivity index (χ0v) is 20.1. The molecule has 0 N–H and O–H groups in total. The molecule has 5 nitrogen and oxygen atoms in total. The van der Waals surface area contributed by atoms with Gasteiger partial charge in [-0.25, -0.2) is 9.37 Å². The summed E-state index contributed by atoms with van der Waals surface area (Å²) < 4.78 is 19.5. The summed E-state index contributed by atoms with van der Waals surface area (Å²) in [6.07, 6.45) is 0. The van der Waals surface area contributed by atoms with E-state index in [0.717, 1.165) is 44.0 Å². The third kappa shape index (κ3) is 3.68. The van der Waals surface area contributed by atoms with E-state index in [1.807, 2.05) is 85.4 Å². The van der Waals surface area contributed by atoms with E-state index < -0.39 is 5.97 Å². The van der Waals surface area contributed by atoms with Gasteiger partial charge in [0, 0.05) is 22.6 Å². The van der Waals surface area contributed by atoms with Gasteiger partial charge in [-0.3, -0.25) is 0 Å². The number of carbonyl (C=O) groups excluding carboxylic acids is 1. The predicted molar refractivity (Wildman–Crippen MR) is 131 cm³/mol. The number of carbonyl (C=O) groups is 1. The van der Waals surface area contributed by atoms with Crippen molar-refractivity contribution in [3.8, 4) is 28.2 Å². The second-order valence-corrected chi connectivity index (χ2v) is 8.09. The first-order valence-corrected chi connectivity index (χ1v) is 10.7. The lowest BCUT2D eigenvalue weighted by Gasteiger charge is -2.19. The highest BCUT2D eigenvalue weighted by molar-refractivity contribution is 6.16. The SMILES string of the molecule is COC(=O)c1ccccc1-c1c2ccc(=[N+](C)C)cc-2oc2c1c(OC)cc1ccccc12.[Cl-]. The van der Waals surface area contributed by atoms with Gasteiger partial charge in [-0.05, 0) is 29.1 Å². The van der Waals surface area contributed by atoms with Gasteiger partial charge >= 0.3 is 5.97 Å². The van der Waals surface area contributed by atoms with E-state index in [0.29, 0.717) is 16.9 Å². The Labute approximate surface area is 203 Å². The molecule has 0 spiro atoms. The highest BCUT2D eigenvalue weighted by Gasteiger charge is 2.25. The molecule has 0 atom stereocenters. The summed E-state index contributed by atoms with van der Waals surface area (Å²) >= 11 is 0. The zero-order valence-electron chi connectivity index (χ0n) is 19.4. The van der Waals surface area contributed by atoms with Crippen LogP contribution >= 0.6 is 0 Å². The highest BCUT2D eigenvalue weighted by atomic mass is 35.5. The van der Waals surface area contributed by atoms with Crippen molar-refractivity contribution < 1.29 is 31.1 Å². The minimum Gasteiger partial charge on any atom is -1.00 e. The van der Waals surface area contributed by atoms with Crippen molar-refractivity contribution in [2.75, 3.05) is 28.3 Å². The molecule has 1 aliphatic carbocycles. The molecule has 1 heterocycles. The van der Waals surface area contributed by atoms with E-state index in [9.17, 15) is 4.79 Å². The Morgan fingerprint density at radius 1 is 0.882 bits per heavy atom. The molecule has 2 aliphatic rings. The number of rotatable bonds is 3. The molecule has 0 amide bonds. The largest absolute Gasteiger partial charge is 1.00 e. The number of halogens is 1. The van der Waals surface area contributed by atoms with Crippen molar-refractivity contribution in [3.05, 3.63) is 83.7 Å². The molecular weight excluding hydrogens is 450 g/mol. The number of methoxy groups -OCH3 is 2. The number of hydrogen-bond donors (Lipinski definition) is 0. The first kappa shape index (κ1) is 23.3. The quantitative estimate of drug-likeness (QED) is 0.174. The van der Waals surface area contributed by atoms with Crippen LogP contribution in [0.5, 0.6) is 5.75 Å². The molecule has 34 heavy (non-hydrogen) atoms. The topological polar surface area (TPSA) is 51.7 Å². The van der Waals surface area contributed by atoms with E-state index in [1.165, 1.54) is 7.11 Å². The van der Waals surface area contributed by atoms with Gasteiger partial charge in [0.2, 0.25) is 5.36 Å². The summed E-state index contributed by atoms with van der Waals surface area (Å²) in [6, 6.07) is 23.7. The van der Waals surface area contributed by atoms with Gasteiger partial charge < -0.3 is 26.3 Å². The minimum absolute atomic E-state index is 0. The normalized spacial score (nSPS) is 10.8. The molecule has 0 saturated heterocycles. The van der Waals surface area contributed by atoms with Crippen molar-refractivity contribution >= 4 is 27.7 Å². The van der Waals surface area contributed by atoms with Gasteiger partial charge in [0.1, 0.15) is 31.2 Å². The van der Waals surface area contributed by atoms with Crippen molar-refractivity contribution in [1.29, 1.82) is 0 Å². The van der Waals surface area contributed by atoms with Crippen LogP contribution in [0.15, 0.2) is 77.2 Å². The van der Waals surface area contributed by atoms with Crippen LogP contribution in [0, 0.1) is 0 Å². The van der Waals surface area contributed by atoms with E-state index in [2.05, 4.69) is 0 Å². The highest BCUT2D eigenvalue weighted by Crippen LogP contribution is 2.47. The monoisotopic (exact) mass is 473 g/mol. The van der Waals surface area contributed by atoms with Crippen LogP contribution in [-0.4, -0.2) is 34.3 Å². The van der Waals surface area contributed by atoms with Crippen LogP contribution in [0.25, 0.3) is 44.2 Å². The van der Waals surface area contributed by atoms with Crippen LogP contribution in [-0.2, 0) is 4.74 Å². The fourth-order valence-corrected chi connectivity index (χ4v) is 4.39. The van der Waals surface area contributed by atoms with E-state index in [4.69, 9.17) is 13.9 Å². The second-order valence-electron chi connectivity index (χ2n) is 8.09. The van der Waals surface area contributed by atoms with Crippen LogP contribution in [0.2, 0.25) is 0 Å². The van der Waals surface area contributed by atoms with Crippen LogP contribution in [0.3, 0.4) is 0 Å². The van der Waals surface area contributed by atoms with Gasteiger partial charge in [0.15, 0.2) is 0 Å². The molecule has 0 unspecified atom stereocenters. The fourth-order valence-electron chi connectivity index (χ4n) is 4.39. The molecule has 0 bridgehead atoms. The number of ether oxygens (including phenoxy) is 2. The Bertz CT molecular complexity index is 1580. The van der Waals surface area contributed by atoms with E-state index in [-0.39, 0.29) is 12.4 Å².